The summed E-state index contributed by atoms with van der Waals surface area (Å²) in [4.78, 5) is 16.1. The summed E-state index contributed by atoms with van der Waals surface area (Å²) in [7, 11) is 0. The number of pyridine rings is 1. The van der Waals surface area contributed by atoms with Crippen molar-refractivity contribution in [3.63, 3.8) is 0 Å². The summed E-state index contributed by atoms with van der Waals surface area (Å²) in [5.74, 6) is 0. The summed E-state index contributed by atoms with van der Waals surface area (Å²) < 4.78 is 0. The molecule has 0 saturated carbocycles. The molecule has 0 fully saturated rings. The monoisotopic (exact) mass is 269 g/mol. The average molecular weight is 270 g/mol. The fourth-order valence-electron chi connectivity index (χ4n) is 1.66. The molecule has 0 unspecified atom stereocenters. The van der Waals surface area contributed by atoms with E-state index in [4.69, 9.17) is 11.6 Å². The van der Waals surface area contributed by atoms with Gasteiger partial charge in [0.05, 0.1) is 10.6 Å². The normalized spacial score (nSPS) is 11.4. The molecular weight excluding hydrogens is 254 g/mol. The number of hydrogen-bond acceptors (Lipinski definition) is 4. The highest BCUT2D eigenvalue weighted by Crippen LogP contribution is 2.14. The van der Waals surface area contributed by atoms with Crippen LogP contribution in [0.3, 0.4) is 0 Å². The summed E-state index contributed by atoms with van der Waals surface area (Å²) in [5, 5.41) is 11.0. The highest BCUT2D eigenvalue weighted by atomic mass is 35.5. The fourth-order valence-corrected chi connectivity index (χ4v) is 1.77. The molecule has 1 aromatic rings. The van der Waals surface area contributed by atoms with Crippen LogP contribution in [0, 0.1) is 10.1 Å². The van der Waals surface area contributed by atoms with Crippen molar-refractivity contribution < 1.29 is 4.92 Å². The van der Waals surface area contributed by atoms with Gasteiger partial charge in [0.1, 0.15) is 5.15 Å². The van der Waals surface area contributed by atoms with Gasteiger partial charge >= 0.3 is 0 Å². The predicted octanol–water partition coefficient (Wildman–Crippen LogP) is 3.09. The van der Waals surface area contributed by atoms with E-state index < -0.39 is 4.92 Å². The first-order valence-corrected chi connectivity index (χ1v) is 6.14. The minimum absolute atomic E-state index is 0.415. The number of aromatic nitrogens is 1. The molecule has 0 aliphatic heterocycles. The van der Waals surface area contributed by atoms with E-state index in [0.29, 0.717) is 30.4 Å². The smallest absolute Gasteiger partial charge is 0.253 e. The van der Waals surface area contributed by atoms with E-state index in [9.17, 15) is 10.1 Å². The quantitative estimate of drug-likeness (QED) is 0.452. The molecule has 1 heterocycles. The zero-order valence-electron chi connectivity index (χ0n) is 10.5. The van der Waals surface area contributed by atoms with Gasteiger partial charge in [-0.05, 0) is 25.0 Å². The predicted molar refractivity (Wildman–Crippen MR) is 70.7 cm³/mol. The maximum atomic E-state index is 10.6. The second-order valence-electron chi connectivity index (χ2n) is 3.76. The molecular formula is C12H16ClN3O2. The minimum atomic E-state index is -0.415. The van der Waals surface area contributed by atoms with Crippen molar-refractivity contribution >= 4 is 11.6 Å². The number of rotatable bonds is 6. The van der Waals surface area contributed by atoms with Gasteiger partial charge in [0.25, 0.3) is 6.20 Å². The van der Waals surface area contributed by atoms with Crippen molar-refractivity contribution in [2.75, 3.05) is 6.54 Å². The van der Waals surface area contributed by atoms with E-state index in [2.05, 4.69) is 4.98 Å². The first-order valence-electron chi connectivity index (χ1n) is 5.76. The molecule has 0 radical (unpaired) electrons. The highest BCUT2D eigenvalue weighted by Gasteiger charge is 2.10. The minimum Gasteiger partial charge on any atom is -0.366 e. The SMILES string of the molecule is CCC(=C[N+](=O)[O-])N(CC)Cc1ccc(Cl)nc1. The second kappa shape index (κ2) is 6.96. The number of nitro groups is 1. The highest BCUT2D eigenvalue weighted by molar-refractivity contribution is 6.29. The van der Waals surface area contributed by atoms with Crippen LogP contribution in [0.1, 0.15) is 25.8 Å². The molecule has 0 aromatic carbocycles. The third-order valence-electron chi connectivity index (χ3n) is 2.57. The summed E-state index contributed by atoms with van der Waals surface area (Å²) in [6.07, 6.45) is 3.37. The van der Waals surface area contributed by atoms with Gasteiger partial charge in [-0.15, -0.1) is 0 Å². The van der Waals surface area contributed by atoms with Gasteiger partial charge in [0.15, 0.2) is 0 Å². The molecule has 0 spiro atoms. The standard InChI is InChI=1S/C12H16ClN3O2/c1-3-11(9-16(17)18)15(4-2)8-10-5-6-12(13)14-7-10/h5-7,9H,3-4,8H2,1-2H3. The van der Waals surface area contributed by atoms with E-state index >= 15 is 0 Å². The van der Waals surface area contributed by atoms with Crippen LogP contribution < -0.4 is 0 Å². The molecule has 18 heavy (non-hydrogen) atoms. The van der Waals surface area contributed by atoms with Gasteiger partial charge < -0.3 is 4.90 Å². The zero-order valence-corrected chi connectivity index (χ0v) is 11.2. The first-order chi connectivity index (χ1) is 8.56. The maximum absolute atomic E-state index is 10.6. The lowest BCUT2D eigenvalue weighted by molar-refractivity contribution is -0.404. The Morgan fingerprint density at radius 3 is 2.72 bits per heavy atom. The summed E-state index contributed by atoms with van der Waals surface area (Å²) in [6.45, 7) is 5.16. The number of halogens is 1. The summed E-state index contributed by atoms with van der Waals surface area (Å²) in [6, 6.07) is 3.59. The zero-order chi connectivity index (χ0) is 13.5. The third kappa shape index (κ3) is 4.33. The lowest BCUT2D eigenvalue weighted by atomic mass is 10.2. The number of hydrogen-bond donors (Lipinski definition) is 0. The Balaban J connectivity index is 2.83. The van der Waals surface area contributed by atoms with Crippen LogP contribution in [0.25, 0.3) is 0 Å². The van der Waals surface area contributed by atoms with Crippen LogP contribution >= 0.6 is 11.6 Å². The summed E-state index contributed by atoms with van der Waals surface area (Å²) in [5.41, 5.74) is 1.68. The molecule has 0 bridgehead atoms. The topological polar surface area (TPSA) is 59.3 Å². The van der Waals surface area contributed by atoms with Gasteiger partial charge in [-0.2, -0.15) is 0 Å². The van der Waals surface area contributed by atoms with Crippen LogP contribution in [0.4, 0.5) is 0 Å². The molecule has 6 heteroatoms. The Morgan fingerprint density at radius 1 is 1.56 bits per heavy atom. The van der Waals surface area contributed by atoms with Crippen molar-refractivity contribution in [3.05, 3.63) is 51.1 Å². The van der Waals surface area contributed by atoms with Crippen molar-refractivity contribution in [3.8, 4) is 0 Å². The lowest BCUT2D eigenvalue weighted by Crippen LogP contribution is -2.22. The largest absolute Gasteiger partial charge is 0.366 e. The van der Waals surface area contributed by atoms with Crippen LogP contribution in [0.15, 0.2) is 30.2 Å². The third-order valence-corrected chi connectivity index (χ3v) is 2.79. The molecule has 0 N–H and O–H groups in total. The van der Waals surface area contributed by atoms with Crippen LogP contribution in [-0.4, -0.2) is 21.4 Å². The van der Waals surface area contributed by atoms with Gasteiger partial charge in [0, 0.05) is 19.3 Å². The van der Waals surface area contributed by atoms with E-state index in [1.807, 2.05) is 24.8 Å². The van der Waals surface area contributed by atoms with Gasteiger partial charge in [-0.1, -0.05) is 24.6 Å². The fraction of sp³-hybridized carbons (Fsp3) is 0.417. The molecule has 0 atom stereocenters. The molecule has 0 amide bonds. The van der Waals surface area contributed by atoms with Gasteiger partial charge in [-0.3, -0.25) is 10.1 Å². The number of nitrogens with zero attached hydrogens (tertiary/aromatic N) is 3. The van der Waals surface area contributed by atoms with E-state index in [1.165, 1.54) is 0 Å². The molecule has 5 nitrogen and oxygen atoms in total. The maximum Gasteiger partial charge on any atom is 0.253 e. The number of allylic oxidation sites excluding steroid dienone is 1. The molecule has 98 valence electrons. The van der Waals surface area contributed by atoms with Crippen LogP contribution in [-0.2, 0) is 6.54 Å². The Morgan fingerprint density at radius 2 is 2.28 bits per heavy atom. The Hall–Kier alpha value is -1.62. The van der Waals surface area contributed by atoms with E-state index in [0.717, 1.165) is 11.8 Å². The van der Waals surface area contributed by atoms with Crippen molar-refractivity contribution in [2.45, 2.75) is 26.8 Å². The summed E-state index contributed by atoms with van der Waals surface area (Å²) >= 11 is 5.72. The van der Waals surface area contributed by atoms with Crippen molar-refractivity contribution in [1.29, 1.82) is 0 Å². The Bertz CT molecular complexity index is 431. The molecule has 1 rings (SSSR count). The van der Waals surface area contributed by atoms with Crippen molar-refractivity contribution in [1.82, 2.24) is 9.88 Å². The van der Waals surface area contributed by atoms with E-state index in [1.54, 1.807) is 12.3 Å². The van der Waals surface area contributed by atoms with Crippen molar-refractivity contribution in [2.24, 2.45) is 0 Å². The lowest BCUT2D eigenvalue weighted by Gasteiger charge is -2.23. The first kappa shape index (κ1) is 14.4. The van der Waals surface area contributed by atoms with Crippen LogP contribution in [0.5, 0.6) is 0 Å². The van der Waals surface area contributed by atoms with Crippen LogP contribution in [0.2, 0.25) is 5.15 Å². The Kier molecular flexibility index (Phi) is 5.58. The average Bonchev–Trinajstić information content (AvgIpc) is 2.35. The second-order valence-corrected chi connectivity index (χ2v) is 4.15. The molecule has 0 aliphatic carbocycles. The van der Waals surface area contributed by atoms with E-state index in [-0.39, 0.29) is 0 Å². The van der Waals surface area contributed by atoms with Gasteiger partial charge in [0.2, 0.25) is 0 Å². The van der Waals surface area contributed by atoms with Gasteiger partial charge in [-0.25, -0.2) is 4.98 Å². The Labute approximate surface area is 111 Å². The molecule has 1 aromatic heterocycles. The molecule has 0 aliphatic rings. The molecule has 0 saturated heterocycles.